The van der Waals surface area contributed by atoms with Crippen LogP contribution in [-0.2, 0) is 4.84 Å². The molecule has 9 heteroatoms. The summed E-state index contributed by atoms with van der Waals surface area (Å²) >= 11 is 0. The lowest BCUT2D eigenvalue weighted by molar-refractivity contribution is 0.215. The van der Waals surface area contributed by atoms with Crippen molar-refractivity contribution in [2.45, 2.75) is 0 Å². The molecule has 24 heavy (non-hydrogen) atoms. The third kappa shape index (κ3) is 3.57. The molecule has 0 radical (unpaired) electrons. The van der Waals surface area contributed by atoms with Gasteiger partial charge in [0.2, 0.25) is 11.6 Å². The summed E-state index contributed by atoms with van der Waals surface area (Å²) in [5.41, 5.74) is 6.21. The fourth-order valence-corrected chi connectivity index (χ4v) is 1.93. The molecule has 0 spiro atoms. The number of hydrogen-bond acceptors (Lipinski definition) is 9. The van der Waals surface area contributed by atoms with E-state index in [1.807, 2.05) is 0 Å². The van der Waals surface area contributed by atoms with Crippen molar-refractivity contribution >= 4 is 12.0 Å². The van der Waals surface area contributed by atoms with Gasteiger partial charge in [-0.15, -0.1) is 0 Å². The van der Waals surface area contributed by atoms with E-state index in [4.69, 9.17) is 24.7 Å². The first-order chi connectivity index (χ1) is 11.6. The summed E-state index contributed by atoms with van der Waals surface area (Å²) in [4.78, 5) is 12.6. The van der Waals surface area contributed by atoms with Crippen LogP contribution in [0.2, 0.25) is 0 Å². The molecule has 0 saturated heterocycles. The quantitative estimate of drug-likeness (QED) is 0.603. The predicted octanol–water partition coefficient (Wildman–Crippen LogP) is 1.86. The SMILES string of the molecule is CO/N=C\c1c(N)ncnc1Oc1cc(OC)c(OC)c(OC)c1. The van der Waals surface area contributed by atoms with Crippen LogP contribution < -0.4 is 24.7 Å². The highest BCUT2D eigenvalue weighted by atomic mass is 16.6. The van der Waals surface area contributed by atoms with Crippen LogP contribution in [0.25, 0.3) is 0 Å². The van der Waals surface area contributed by atoms with Gasteiger partial charge in [-0.1, -0.05) is 5.16 Å². The molecule has 0 fully saturated rings. The zero-order chi connectivity index (χ0) is 17.5. The molecule has 0 aliphatic carbocycles. The molecule has 9 nitrogen and oxygen atoms in total. The third-order valence-corrected chi connectivity index (χ3v) is 3.02. The van der Waals surface area contributed by atoms with Crippen LogP contribution in [0.3, 0.4) is 0 Å². The van der Waals surface area contributed by atoms with Crippen molar-refractivity contribution < 1.29 is 23.8 Å². The summed E-state index contributed by atoms with van der Waals surface area (Å²) in [5, 5.41) is 3.67. The van der Waals surface area contributed by atoms with Crippen molar-refractivity contribution in [2.24, 2.45) is 5.16 Å². The maximum absolute atomic E-state index is 5.83. The van der Waals surface area contributed by atoms with Crippen molar-refractivity contribution in [1.29, 1.82) is 0 Å². The zero-order valence-electron chi connectivity index (χ0n) is 13.8. The van der Waals surface area contributed by atoms with E-state index in [0.29, 0.717) is 28.6 Å². The van der Waals surface area contributed by atoms with Gasteiger partial charge in [-0.05, 0) is 0 Å². The molecular weight excluding hydrogens is 316 g/mol. The molecule has 1 aromatic heterocycles. The fraction of sp³-hybridized carbons (Fsp3) is 0.267. The van der Waals surface area contributed by atoms with Gasteiger partial charge in [-0.2, -0.15) is 0 Å². The van der Waals surface area contributed by atoms with Gasteiger partial charge in [0.1, 0.15) is 30.6 Å². The first-order valence-electron chi connectivity index (χ1n) is 6.79. The number of nitrogens with zero attached hydrogens (tertiary/aromatic N) is 3. The van der Waals surface area contributed by atoms with E-state index in [2.05, 4.69) is 20.0 Å². The minimum Gasteiger partial charge on any atom is -0.493 e. The van der Waals surface area contributed by atoms with Crippen LogP contribution in [0, 0.1) is 0 Å². The number of benzene rings is 1. The van der Waals surface area contributed by atoms with Crippen molar-refractivity contribution in [3.63, 3.8) is 0 Å². The minimum absolute atomic E-state index is 0.202. The van der Waals surface area contributed by atoms with E-state index in [9.17, 15) is 0 Å². The normalized spacial score (nSPS) is 10.5. The molecule has 128 valence electrons. The van der Waals surface area contributed by atoms with E-state index in [1.165, 1.54) is 41.0 Å². The monoisotopic (exact) mass is 334 g/mol. The molecule has 0 saturated carbocycles. The largest absolute Gasteiger partial charge is 0.493 e. The second-order valence-corrected chi connectivity index (χ2v) is 4.36. The maximum Gasteiger partial charge on any atom is 0.233 e. The molecule has 0 aliphatic heterocycles. The summed E-state index contributed by atoms with van der Waals surface area (Å²) in [6.07, 6.45) is 2.65. The lowest BCUT2D eigenvalue weighted by Gasteiger charge is -2.15. The molecule has 1 aromatic carbocycles. The second kappa shape index (κ2) is 7.86. The van der Waals surface area contributed by atoms with Crippen LogP contribution in [0.5, 0.6) is 28.9 Å². The fourth-order valence-electron chi connectivity index (χ4n) is 1.93. The Kier molecular flexibility index (Phi) is 5.61. The van der Waals surface area contributed by atoms with Gasteiger partial charge in [-0.25, -0.2) is 9.97 Å². The van der Waals surface area contributed by atoms with Gasteiger partial charge < -0.3 is 29.5 Å². The summed E-state index contributed by atoms with van der Waals surface area (Å²) < 4.78 is 21.6. The summed E-state index contributed by atoms with van der Waals surface area (Å²) in [6.45, 7) is 0. The van der Waals surface area contributed by atoms with Crippen LogP contribution in [0.1, 0.15) is 5.56 Å². The first kappa shape index (κ1) is 17.1. The molecular formula is C15H18N4O5. The van der Waals surface area contributed by atoms with Crippen LogP contribution in [-0.4, -0.2) is 44.6 Å². The van der Waals surface area contributed by atoms with E-state index in [-0.39, 0.29) is 11.7 Å². The summed E-state index contributed by atoms with van der Waals surface area (Å²) in [6, 6.07) is 3.27. The van der Waals surface area contributed by atoms with E-state index in [0.717, 1.165) is 0 Å². The Bertz CT molecular complexity index is 711. The van der Waals surface area contributed by atoms with Crippen LogP contribution in [0.4, 0.5) is 5.82 Å². The smallest absolute Gasteiger partial charge is 0.233 e. The highest BCUT2D eigenvalue weighted by Gasteiger charge is 2.16. The first-order valence-corrected chi connectivity index (χ1v) is 6.79. The Balaban J connectivity index is 2.45. The lowest BCUT2D eigenvalue weighted by atomic mass is 10.2. The summed E-state index contributed by atoms with van der Waals surface area (Å²) in [7, 11) is 5.96. The number of rotatable bonds is 7. The van der Waals surface area contributed by atoms with Crippen molar-refractivity contribution in [3.8, 4) is 28.9 Å². The number of anilines is 1. The molecule has 2 rings (SSSR count). The number of ether oxygens (including phenoxy) is 4. The standard InChI is InChI=1S/C15H18N4O5/c1-20-11-5-9(6-12(21-2)13(11)22-3)24-15-10(7-19-23-4)14(16)17-8-18-15/h5-8H,1-4H3,(H2,16,17,18)/b19-7-. The number of nitrogens with two attached hydrogens (primary N) is 1. The topological polar surface area (TPSA) is 110 Å². The van der Waals surface area contributed by atoms with Crippen LogP contribution >= 0.6 is 0 Å². The number of methoxy groups -OCH3 is 3. The highest BCUT2D eigenvalue weighted by Crippen LogP contribution is 2.42. The number of aromatic nitrogens is 2. The van der Waals surface area contributed by atoms with E-state index < -0.39 is 0 Å². The predicted molar refractivity (Wildman–Crippen MR) is 87.2 cm³/mol. The average molecular weight is 334 g/mol. The third-order valence-electron chi connectivity index (χ3n) is 3.02. The minimum atomic E-state index is 0.202. The molecule has 0 amide bonds. The van der Waals surface area contributed by atoms with Crippen molar-refractivity contribution in [2.75, 3.05) is 34.2 Å². The summed E-state index contributed by atoms with van der Waals surface area (Å²) in [5.74, 6) is 2.16. The van der Waals surface area contributed by atoms with Gasteiger partial charge in [0.25, 0.3) is 0 Å². The number of hydrogen-bond donors (Lipinski definition) is 1. The van der Waals surface area contributed by atoms with E-state index >= 15 is 0 Å². The Labute approximate surface area is 139 Å². The number of oxime groups is 1. The van der Waals surface area contributed by atoms with E-state index in [1.54, 1.807) is 12.1 Å². The molecule has 2 aromatic rings. The Morgan fingerprint density at radius 3 is 2.21 bits per heavy atom. The second-order valence-electron chi connectivity index (χ2n) is 4.36. The van der Waals surface area contributed by atoms with Crippen LogP contribution in [0.15, 0.2) is 23.6 Å². The molecule has 0 bridgehead atoms. The van der Waals surface area contributed by atoms with Gasteiger partial charge >= 0.3 is 0 Å². The van der Waals surface area contributed by atoms with Crippen molar-refractivity contribution in [1.82, 2.24) is 9.97 Å². The van der Waals surface area contributed by atoms with Gasteiger partial charge in [-0.3, -0.25) is 0 Å². The lowest BCUT2D eigenvalue weighted by Crippen LogP contribution is -2.03. The molecule has 0 unspecified atom stereocenters. The molecule has 1 heterocycles. The Morgan fingerprint density at radius 2 is 1.67 bits per heavy atom. The molecule has 0 aliphatic rings. The van der Waals surface area contributed by atoms with Gasteiger partial charge in [0, 0.05) is 12.1 Å². The Hall–Kier alpha value is -3.23. The molecule has 0 atom stereocenters. The average Bonchev–Trinajstić information content (AvgIpc) is 2.60. The van der Waals surface area contributed by atoms with Crippen molar-refractivity contribution in [3.05, 3.63) is 24.0 Å². The van der Waals surface area contributed by atoms with Gasteiger partial charge in [0.15, 0.2) is 11.5 Å². The highest BCUT2D eigenvalue weighted by molar-refractivity contribution is 5.88. The van der Waals surface area contributed by atoms with Gasteiger partial charge in [0.05, 0.1) is 27.5 Å². The molecule has 2 N–H and O–H groups in total. The number of nitrogen functional groups attached to an aromatic ring is 1. The maximum atomic E-state index is 5.83. The Morgan fingerprint density at radius 1 is 1.00 bits per heavy atom. The zero-order valence-corrected chi connectivity index (χ0v) is 13.8.